The summed E-state index contributed by atoms with van der Waals surface area (Å²) in [5.74, 6) is 1.01. The Bertz CT molecular complexity index is 470. The highest BCUT2D eigenvalue weighted by Crippen LogP contribution is 2.26. The van der Waals surface area contributed by atoms with Crippen LogP contribution in [0.3, 0.4) is 0 Å². The Morgan fingerprint density at radius 1 is 1.06 bits per heavy atom. The summed E-state index contributed by atoms with van der Waals surface area (Å²) in [6, 6.07) is 14.6. The number of hydrogen-bond acceptors (Lipinski definition) is 1. The largest absolute Gasteiger partial charge is 0.490 e. The predicted molar refractivity (Wildman–Crippen MR) is 73.6 cm³/mol. The summed E-state index contributed by atoms with van der Waals surface area (Å²) in [6.07, 6.45) is 3.87. The first-order valence-electron chi connectivity index (χ1n) is 6.45. The molecule has 0 aromatic heterocycles. The van der Waals surface area contributed by atoms with E-state index in [0.29, 0.717) is 6.10 Å². The van der Waals surface area contributed by atoms with Gasteiger partial charge in [-0.2, -0.15) is 0 Å². The van der Waals surface area contributed by atoms with E-state index in [4.69, 9.17) is 4.74 Å². The second-order valence-corrected chi connectivity index (χ2v) is 4.55. The van der Waals surface area contributed by atoms with Crippen molar-refractivity contribution in [2.24, 2.45) is 0 Å². The van der Waals surface area contributed by atoms with Crippen molar-refractivity contribution in [1.82, 2.24) is 0 Å². The van der Waals surface area contributed by atoms with Crippen LogP contribution in [0, 0.1) is 0 Å². The fourth-order valence-electron chi connectivity index (χ4n) is 2.07. The zero-order valence-electron chi connectivity index (χ0n) is 10.6. The fourth-order valence-corrected chi connectivity index (χ4v) is 2.07. The number of rotatable bonds is 5. The molecule has 0 aliphatic heterocycles. The van der Waals surface area contributed by atoms with Crippen molar-refractivity contribution in [2.75, 3.05) is 0 Å². The predicted octanol–water partition coefficient (Wildman–Crippen LogP) is 4.80. The Morgan fingerprint density at radius 2 is 1.82 bits per heavy atom. The van der Waals surface area contributed by atoms with Crippen LogP contribution in [0.1, 0.15) is 33.1 Å². The molecule has 0 N–H and O–H groups in total. The highest BCUT2D eigenvalue weighted by Gasteiger charge is 2.06. The molecule has 0 spiro atoms. The van der Waals surface area contributed by atoms with Crippen LogP contribution in [-0.2, 0) is 0 Å². The highest BCUT2D eigenvalue weighted by atomic mass is 16.5. The molecule has 2 aromatic rings. The van der Waals surface area contributed by atoms with Gasteiger partial charge in [0.05, 0.1) is 6.10 Å². The first kappa shape index (κ1) is 12.0. The van der Waals surface area contributed by atoms with Gasteiger partial charge >= 0.3 is 0 Å². The molecule has 17 heavy (non-hydrogen) atoms. The van der Waals surface area contributed by atoms with Crippen LogP contribution in [0.5, 0.6) is 5.75 Å². The minimum Gasteiger partial charge on any atom is -0.490 e. The van der Waals surface area contributed by atoms with Crippen molar-refractivity contribution in [3.63, 3.8) is 0 Å². The van der Waals surface area contributed by atoms with Crippen LogP contribution < -0.4 is 4.74 Å². The molecule has 0 aliphatic carbocycles. The summed E-state index contributed by atoms with van der Waals surface area (Å²) < 4.78 is 6.03. The summed E-state index contributed by atoms with van der Waals surface area (Å²) in [7, 11) is 0. The third-order valence-electron chi connectivity index (χ3n) is 3.04. The molecule has 0 fully saturated rings. The van der Waals surface area contributed by atoms with Crippen molar-refractivity contribution in [3.05, 3.63) is 42.5 Å². The third kappa shape index (κ3) is 3.00. The third-order valence-corrected chi connectivity index (χ3v) is 3.04. The van der Waals surface area contributed by atoms with Crippen LogP contribution >= 0.6 is 0 Å². The molecule has 0 bridgehead atoms. The topological polar surface area (TPSA) is 9.23 Å². The average Bonchev–Trinajstić information content (AvgIpc) is 2.37. The summed E-state index contributed by atoms with van der Waals surface area (Å²) in [6.45, 7) is 4.36. The van der Waals surface area contributed by atoms with E-state index in [2.05, 4.69) is 56.3 Å². The Kier molecular flexibility index (Phi) is 4.03. The van der Waals surface area contributed by atoms with Crippen LogP contribution in [0.2, 0.25) is 0 Å². The summed E-state index contributed by atoms with van der Waals surface area (Å²) >= 11 is 0. The van der Waals surface area contributed by atoms with Gasteiger partial charge in [0, 0.05) is 5.39 Å². The lowest BCUT2D eigenvalue weighted by molar-refractivity contribution is 0.210. The summed E-state index contributed by atoms with van der Waals surface area (Å²) in [5.41, 5.74) is 0. The number of hydrogen-bond donors (Lipinski definition) is 0. The minimum absolute atomic E-state index is 0.292. The lowest BCUT2D eigenvalue weighted by Gasteiger charge is -2.15. The quantitative estimate of drug-likeness (QED) is 0.714. The van der Waals surface area contributed by atoms with Gasteiger partial charge < -0.3 is 4.74 Å². The molecule has 1 unspecified atom stereocenters. The maximum Gasteiger partial charge on any atom is 0.127 e. The van der Waals surface area contributed by atoms with Crippen molar-refractivity contribution in [1.29, 1.82) is 0 Å². The molecule has 1 nitrogen and oxygen atoms in total. The maximum atomic E-state index is 6.03. The Labute approximate surface area is 103 Å². The maximum absolute atomic E-state index is 6.03. The fraction of sp³-hybridized carbons (Fsp3) is 0.375. The zero-order valence-corrected chi connectivity index (χ0v) is 10.6. The van der Waals surface area contributed by atoms with E-state index in [1.54, 1.807) is 0 Å². The van der Waals surface area contributed by atoms with E-state index >= 15 is 0 Å². The average molecular weight is 228 g/mol. The van der Waals surface area contributed by atoms with E-state index < -0.39 is 0 Å². The summed E-state index contributed by atoms with van der Waals surface area (Å²) in [4.78, 5) is 0. The zero-order chi connectivity index (χ0) is 12.1. The number of fused-ring (bicyclic) bond motifs is 1. The monoisotopic (exact) mass is 228 g/mol. The number of benzene rings is 2. The molecule has 0 aliphatic rings. The van der Waals surface area contributed by atoms with E-state index in [0.717, 1.165) is 12.2 Å². The molecule has 1 atom stereocenters. The van der Waals surface area contributed by atoms with Gasteiger partial charge in [-0.1, -0.05) is 56.2 Å². The highest BCUT2D eigenvalue weighted by molar-refractivity contribution is 5.88. The van der Waals surface area contributed by atoms with Gasteiger partial charge in [-0.3, -0.25) is 0 Å². The molecule has 1 heteroatoms. The van der Waals surface area contributed by atoms with Gasteiger partial charge in [-0.05, 0) is 24.8 Å². The smallest absolute Gasteiger partial charge is 0.127 e. The molecule has 0 saturated carbocycles. The second kappa shape index (κ2) is 5.72. The Morgan fingerprint density at radius 3 is 2.65 bits per heavy atom. The molecule has 0 saturated heterocycles. The van der Waals surface area contributed by atoms with Crippen molar-refractivity contribution < 1.29 is 4.74 Å². The van der Waals surface area contributed by atoms with Gasteiger partial charge in [0.25, 0.3) is 0 Å². The van der Waals surface area contributed by atoms with E-state index in [1.807, 2.05) is 0 Å². The molecule has 0 radical (unpaired) electrons. The normalized spacial score (nSPS) is 12.6. The Balaban J connectivity index is 2.18. The molecule has 0 amide bonds. The van der Waals surface area contributed by atoms with Gasteiger partial charge in [0.1, 0.15) is 5.75 Å². The van der Waals surface area contributed by atoms with Crippen LogP contribution in [0.25, 0.3) is 10.8 Å². The lowest BCUT2D eigenvalue weighted by Crippen LogP contribution is -2.11. The molecular weight excluding hydrogens is 208 g/mol. The van der Waals surface area contributed by atoms with Crippen LogP contribution in [0.4, 0.5) is 0 Å². The molecule has 2 aromatic carbocycles. The van der Waals surface area contributed by atoms with E-state index in [-0.39, 0.29) is 0 Å². The van der Waals surface area contributed by atoms with E-state index in [1.165, 1.54) is 23.6 Å². The van der Waals surface area contributed by atoms with Crippen molar-refractivity contribution >= 4 is 10.8 Å². The molecule has 2 rings (SSSR count). The molecule has 90 valence electrons. The molecule has 0 heterocycles. The van der Waals surface area contributed by atoms with Gasteiger partial charge in [0.2, 0.25) is 0 Å². The van der Waals surface area contributed by atoms with Crippen molar-refractivity contribution in [2.45, 2.75) is 39.2 Å². The molecular formula is C16H20O. The lowest BCUT2D eigenvalue weighted by atomic mass is 10.1. The Hall–Kier alpha value is -1.50. The first-order chi connectivity index (χ1) is 8.31. The van der Waals surface area contributed by atoms with Crippen molar-refractivity contribution in [3.8, 4) is 5.75 Å². The number of unbranched alkanes of at least 4 members (excludes halogenated alkanes) is 1. The first-order valence-corrected chi connectivity index (χ1v) is 6.45. The number of ether oxygens (including phenoxy) is 1. The van der Waals surface area contributed by atoms with Crippen LogP contribution in [0.15, 0.2) is 42.5 Å². The standard InChI is InChI=1S/C16H20O/c1-3-4-8-13(2)17-16-12-7-10-14-9-5-6-11-15(14)16/h5-7,9-13H,3-4,8H2,1-2H3. The minimum atomic E-state index is 0.292. The van der Waals surface area contributed by atoms with Gasteiger partial charge in [0.15, 0.2) is 0 Å². The summed E-state index contributed by atoms with van der Waals surface area (Å²) in [5, 5.41) is 2.45. The SMILES string of the molecule is CCCCC(C)Oc1cccc2ccccc12. The van der Waals surface area contributed by atoms with Crippen LogP contribution in [-0.4, -0.2) is 6.10 Å². The van der Waals surface area contributed by atoms with Gasteiger partial charge in [-0.25, -0.2) is 0 Å². The van der Waals surface area contributed by atoms with E-state index in [9.17, 15) is 0 Å². The van der Waals surface area contributed by atoms with Gasteiger partial charge in [-0.15, -0.1) is 0 Å². The second-order valence-electron chi connectivity index (χ2n) is 4.55.